The van der Waals surface area contributed by atoms with E-state index in [0.717, 1.165) is 4.90 Å². The normalized spacial score (nSPS) is 25.5. The predicted molar refractivity (Wildman–Crippen MR) is 106 cm³/mol. The maximum Gasteiger partial charge on any atom is 0.290 e. The summed E-state index contributed by atoms with van der Waals surface area (Å²) in [6.45, 7) is 0.500. The number of imide groups is 1. The molecule has 0 spiro atoms. The Kier molecular flexibility index (Phi) is 4.93. The van der Waals surface area contributed by atoms with Crippen molar-refractivity contribution in [1.29, 1.82) is 0 Å². The van der Waals surface area contributed by atoms with Crippen molar-refractivity contribution in [2.45, 2.75) is 43.9 Å². The summed E-state index contributed by atoms with van der Waals surface area (Å²) in [5.74, 6) is -1.23. The van der Waals surface area contributed by atoms with Gasteiger partial charge < -0.3 is 19.5 Å². The minimum atomic E-state index is -0.413. The summed E-state index contributed by atoms with van der Waals surface area (Å²) in [6.07, 6.45) is 1.45. The van der Waals surface area contributed by atoms with Gasteiger partial charge in [0.1, 0.15) is 12.1 Å². The molecule has 4 heterocycles. The Hall–Kier alpha value is -3.27. The largest absolute Gasteiger partial charge is 0.376 e. The highest BCUT2D eigenvalue weighted by molar-refractivity contribution is 6.05. The second kappa shape index (κ2) is 7.77. The molecule has 3 aliphatic heterocycles. The fraction of sp³-hybridized carbons (Fsp3) is 0.476. The molecule has 3 unspecified atom stereocenters. The van der Waals surface area contributed by atoms with Gasteiger partial charge in [-0.05, 0) is 25.0 Å². The molecule has 1 aromatic carbocycles. The standard InChI is InChI=1S/C21H22N4O6/c26-17-5-6-18(27)24(17)11-19(28)25-12(9-16-15(25)7-8-30-16)10-22-21(29)20-13-3-1-2-4-14(13)23-31-20/h1-4,12,15-16H,5-11H2,(H,22,29). The molecule has 4 amide bonds. The monoisotopic (exact) mass is 426 g/mol. The highest BCUT2D eigenvalue weighted by Crippen LogP contribution is 2.34. The lowest BCUT2D eigenvalue weighted by atomic mass is 10.1. The molecule has 3 saturated heterocycles. The first-order valence-electron chi connectivity index (χ1n) is 10.4. The van der Waals surface area contributed by atoms with Crippen LogP contribution < -0.4 is 5.32 Å². The van der Waals surface area contributed by atoms with E-state index in [-0.39, 0.29) is 67.6 Å². The molecule has 1 aromatic heterocycles. The molecule has 0 radical (unpaired) electrons. The van der Waals surface area contributed by atoms with Crippen molar-refractivity contribution in [3.8, 4) is 0 Å². The number of ether oxygens (including phenoxy) is 1. The van der Waals surface area contributed by atoms with Crippen LogP contribution in [0.4, 0.5) is 0 Å². The molecule has 10 heteroatoms. The van der Waals surface area contributed by atoms with Gasteiger partial charge in [0.25, 0.3) is 5.91 Å². The van der Waals surface area contributed by atoms with Crippen LogP contribution in [0.1, 0.15) is 36.2 Å². The quantitative estimate of drug-likeness (QED) is 0.690. The zero-order valence-corrected chi connectivity index (χ0v) is 16.8. The fourth-order valence-corrected chi connectivity index (χ4v) is 4.76. The second-order valence-electron chi connectivity index (χ2n) is 8.07. The topological polar surface area (TPSA) is 122 Å². The van der Waals surface area contributed by atoms with E-state index < -0.39 is 5.91 Å². The van der Waals surface area contributed by atoms with Crippen molar-refractivity contribution in [2.24, 2.45) is 0 Å². The maximum absolute atomic E-state index is 13.1. The smallest absolute Gasteiger partial charge is 0.290 e. The number of nitrogens with one attached hydrogen (secondary N) is 1. The molecular weight excluding hydrogens is 404 g/mol. The molecule has 1 N–H and O–H groups in total. The van der Waals surface area contributed by atoms with Crippen LogP contribution in [0.15, 0.2) is 28.8 Å². The number of hydrogen-bond acceptors (Lipinski definition) is 7. The van der Waals surface area contributed by atoms with Crippen LogP contribution in [0.5, 0.6) is 0 Å². The summed E-state index contributed by atoms with van der Waals surface area (Å²) in [5.41, 5.74) is 0.591. The average Bonchev–Trinajstić information content (AvgIpc) is 3.52. The van der Waals surface area contributed by atoms with Gasteiger partial charge in [0, 0.05) is 26.0 Å². The summed E-state index contributed by atoms with van der Waals surface area (Å²) >= 11 is 0. The predicted octanol–water partition coefficient (Wildman–Crippen LogP) is 0.465. The number of hydrogen-bond donors (Lipinski definition) is 1. The van der Waals surface area contributed by atoms with Crippen LogP contribution >= 0.6 is 0 Å². The van der Waals surface area contributed by atoms with Gasteiger partial charge in [-0.15, -0.1) is 0 Å². The summed E-state index contributed by atoms with van der Waals surface area (Å²) in [7, 11) is 0. The van der Waals surface area contributed by atoms with Crippen molar-refractivity contribution in [3.05, 3.63) is 30.0 Å². The Balaban J connectivity index is 1.29. The van der Waals surface area contributed by atoms with Crippen molar-refractivity contribution < 1.29 is 28.4 Å². The number of likely N-dealkylation sites (tertiary alicyclic amines) is 2. The highest BCUT2D eigenvalue weighted by Gasteiger charge is 2.47. The van der Waals surface area contributed by atoms with Crippen LogP contribution in [0.2, 0.25) is 0 Å². The van der Waals surface area contributed by atoms with E-state index in [1.165, 1.54) is 0 Å². The van der Waals surface area contributed by atoms with Crippen molar-refractivity contribution in [1.82, 2.24) is 20.3 Å². The highest BCUT2D eigenvalue weighted by atomic mass is 16.5. The Morgan fingerprint density at radius 2 is 1.94 bits per heavy atom. The van der Waals surface area contributed by atoms with Gasteiger partial charge in [-0.3, -0.25) is 24.1 Å². The average molecular weight is 426 g/mol. The summed E-state index contributed by atoms with van der Waals surface area (Å²) in [5, 5.41) is 7.34. The van der Waals surface area contributed by atoms with Gasteiger partial charge >= 0.3 is 0 Å². The van der Waals surface area contributed by atoms with Crippen molar-refractivity contribution >= 4 is 34.5 Å². The van der Waals surface area contributed by atoms with Crippen LogP contribution in [0, 0.1) is 0 Å². The Labute approximate surface area is 177 Å². The third-order valence-corrected chi connectivity index (χ3v) is 6.25. The van der Waals surface area contributed by atoms with Crippen molar-refractivity contribution in [2.75, 3.05) is 19.7 Å². The summed E-state index contributed by atoms with van der Waals surface area (Å²) in [4.78, 5) is 52.4. The lowest BCUT2D eigenvalue weighted by molar-refractivity contribution is -0.146. The van der Waals surface area contributed by atoms with E-state index >= 15 is 0 Å². The SMILES string of the molecule is O=C(NCC1CC2OCCC2N1C(=O)CN1C(=O)CCC1=O)c1onc2ccccc12. The number of rotatable bonds is 5. The molecule has 0 aliphatic carbocycles. The number of amides is 4. The molecule has 2 aromatic rings. The lowest BCUT2D eigenvalue weighted by Crippen LogP contribution is -2.51. The molecule has 31 heavy (non-hydrogen) atoms. The lowest BCUT2D eigenvalue weighted by Gasteiger charge is -2.30. The van der Waals surface area contributed by atoms with Crippen LogP contribution in [-0.2, 0) is 19.1 Å². The summed E-state index contributed by atoms with van der Waals surface area (Å²) in [6, 6.07) is 6.71. The first-order valence-corrected chi connectivity index (χ1v) is 10.4. The number of fused-ring (bicyclic) bond motifs is 2. The molecule has 3 fully saturated rings. The molecule has 0 saturated carbocycles. The van der Waals surface area contributed by atoms with Crippen LogP contribution in [-0.4, -0.2) is 76.5 Å². The van der Waals surface area contributed by atoms with Gasteiger partial charge in [0.15, 0.2) is 0 Å². The molecule has 10 nitrogen and oxygen atoms in total. The molecule has 0 bridgehead atoms. The molecule has 3 atom stereocenters. The first-order chi connectivity index (χ1) is 15.0. The molecule has 5 rings (SSSR count). The van der Waals surface area contributed by atoms with Crippen LogP contribution in [0.3, 0.4) is 0 Å². The van der Waals surface area contributed by atoms with E-state index in [4.69, 9.17) is 9.26 Å². The van der Waals surface area contributed by atoms with E-state index in [1.807, 2.05) is 6.07 Å². The van der Waals surface area contributed by atoms with E-state index in [1.54, 1.807) is 23.1 Å². The zero-order valence-electron chi connectivity index (χ0n) is 16.8. The molecule has 3 aliphatic rings. The maximum atomic E-state index is 13.1. The van der Waals surface area contributed by atoms with Gasteiger partial charge in [-0.2, -0.15) is 0 Å². The summed E-state index contributed by atoms with van der Waals surface area (Å²) < 4.78 is 11.0. The Morgan fingerprint density at radius 1 is 1.16 bits per heavy atom. The fourth-order valence-electron chi connectivity index (χ4n) is 4.76. The van der Waals surface area contributed by atoms with E-state index in [0.29, 0.717) is 30.4 Å². The molecular formula is C21H22N4O6. The van der Waals surface area contributed by atoms with Gasteiger partial charge in [-0.1, -0.05) is 17.3 Å². The van der Waals surface area contributed by atoms with Crippen LogP contribution in [0.25, 0.3) is 10.9 Å². The third kappa shape index (κ3) is 3.46. The van der Waals surface area contributed by atoms with Crippen molar-refractivity contribution in [3.63, 3.8) is 0 Å². The van der Waals surface area contributed by atoms with E-state index in [9.17, 15) is 19.2 Å². The van der Waals surface area contributed by atoms with Gasteiger partial charge in [0.2, 0.25) is 23.5 Å². The number of carbonyl (C=O) groups excluding carboxylic acids is 4. The second-order valence-corrected chi connectivity index (χ2v) is 8.07. The van der Waals surface area contributed by atoms with E-state index in [2.05, 4.69) is 10.5 Å². The first kappa shape index (κ1) is 19.7. The minimum absolute atomic E-state index is 0.109. The number of carbonyl (C=O) groups is 4. The number of benzene rings is 1. The minimum Gasteiger partial charge on any atom is -0.376 e. The Bertz CT molecular complexity index is 1050. The third-order valence-electron chi connectivity index (χ3n) is 6.25. The van der Waals surface area contributed by atoms with Gasteiger partial charge in [0.05, 0.1) is 23.6 Å². The zero-order chi connectivity index (χ0) is 21.5. The van der Waals surface area contributed by atoms with Gasteiger partial charge in [-0.25, -0.2) is 0 Å². The molecule has 162 valence electrons. The number of nitrogens with zero attached hydrogens (tertiary/aromatic N) is 3. The number of aromatic nitrogens is 1. The Morgan fingerprint density at radius 3 is 2.74 bits per heavy atom.